The molecule has 2 N–H and O–H groups in total. The molecule has 2 aromatic carbocycles. The van der Waals surface area contributed by atoms with Crippen LogP contribution >= 0.6 is 11.6 Å². The van der Waals surface area contributed by atoms with Gasteiger partial charge in [-0.15, -0.1) is 0 Å². The monoisotopic (exact) mass is 425 g/mol. The summed E-state index contributed by atoms with van der Waals surface area (Å²) in [5.74, 6) is 0.762. The number of ether oxygens (including phenoxy) is 1. The van der Waals surface area contributed by atoms with Crippen molar-refractivity contribution in [3.8, 4) is 5.75 Å². The van der Waals surface area contributed by atoms with Gasteiger partial charge in [-0.2, -0.15) is 0 Å². The molecule has 0 aliphatic rings. The molecule has 3 rings (SSSR count). The Balaban J connectivity index is 1.81. The molecule has 0 radical (unpaired) electrons. The lowest BCUT2D eigenvalue weighted by Gasteiger charge is -2.10. The summed E-state index contributed by atoms with van der Waals surface area (Å²) < 4.78 is 5.71. The summed E-state index contributed by atoms with van der Waals surface area (Å²) >= 11 is 6.12. The first-order valence-electron chi connectivity index (χ1n) is 9.60. The van der Waals surface area contributed by atoms with E-state index >= 15 is 0 Å². The fourth-order valence-electron chi connectivity index (χ4n) is 2.84. The maximum atomic E-state index is 12.4. The van der Waals surface area contributed by atoms with Gasteiger partial charge in [-0.1, -0.05) is 41.9 Å². The van der Waals surface area contributed by atoms with Crippen LogP contribution in [0.5, 0.6) is 5.75 Å². The SMILES string of the molecule is CN(C)CCCOc1ccc(/C=c2\[nH]c(=O)/c(=C/c3ccccc3Cl)[nH]c2=O)cc1. The van der Waals surface area contributed by atoms with Crippen molar-refractivity contribution in [3.63, 3.8) is 0 Å². The van der Waals surface area contributed by atoms with E-state index in [1.165, 1.54) is 0 Å². The number of hydrogen-bond donors (Lipinski definition) is 2. The molecule has 0 aliphatic heterocycles. The highest BCUT2D eigenvalue weighted by molar-refractivity contribution is 6.32. The minimum Gasteiger partial charge on any atom is -0.494 e. The number of H-pyrrole nitrogens is 2. The molecule has 156 valence electrons. The van der Waals surface area contributed by atoms with E-state index in [2.05, 4.69) is 14.9 Å². The summed E-state index contributed by atoms with van der Waals surface area (Å²) in [6, 6.07) is 14.4. The van der Waals surface area contributed by atoms with E-state index in [0.29, 0.717) is 17.2 Å². The van der Waals surface area contributed by atoms with Crippen LogP contribution in [0.2, 0.25) is 5.02 Å². The average molecular weight is 426 g/mol. The van der Waals surface area contributed by atoms with Crippen molar-refractivity contribution in [2.45, 2.75) is 6.42 Å². The third-order valence-corrected chi connectivity index (χ3v) is 4.74. The van der Waals surface area contributed by atoms with Crippen LogP contribution in [0.15, 0.2) is 58.1 Å². The van der Waals surface area contributed by atoms with Gasteiger partial charge in [0.15, 0.2) is 0 Å². The van der Waals surface area contributed by atoms with Gasteiger partial charge in [-0.25, -0.2) is 0 Å². The molecular weight excluding hydrogens is 402 g/mol. The van der Waals surface area contributed by atoms with Gasteiger partial charge in [0, 0.05) is 11.6 Å². The second-order valence-corrected chi connectivity index (χ2v) is 7.53. The zero-order chi connectivity index (χ0) is 21.5. The number of benzene rings is 2. The van der Waals surface area contributed by atoms with Crippen molar-refractivity contribution in [3.05, 3.63) is 96.1 Å². The fourth-order valence-corrected chi connectivity index (χ4v) is 3.03. The number of halogens is 1. The van der Waals surface area contributed by atoms with E-state index in [1.54, 1.807) is 30.4 Å². The maximum Gasteiger partial charge on any atom is 0.272 e. The van der Waals surface area contributed by atoms with Gasteiger partial charge in [0.05, 0.1) is 6.61 Å². The smallest absolute Gasteiger partial charge is 0.272 e. The van der Waals surface area contributed by atoms with E-state index in [0.717, 1.165) is 24.3 Å². The lowest BCUT2D eigenvalue weighted by molar-refractivity contribution is 0.281. The normalized spacial score (nSPS) is 12.5. The van der Waals surface area contributed by atoms with E-state index in [4.69, 9.17) is 16.3 Å². The summed E-state index contributed by atoms with van der Waals surface area (Å²) in [6.45, 7) is 1.60. The Kier molecular flexibility index (Phi) is 7.27. The van der Waals surface area contributed by atoms with Crippen LogP contribution < -0.4 is 26.6 Å². The van der Waals surface area contributed by atoms with Crippen molar-refractivity contribution in [1.29, 1.82) is 0 Å². The molecule has 3 aromatic rings. The zero-order valence-electron chi connectivity index (χ0n) is 16.9. The van der Waals surface area contributed by atoms with E-state index < -0.39 is 11.1 Å². The summed E-state index contributed by atoms with van der Waals surface area (Å²) in [6.07, 6.45) is 4.11. The molecule has 0 fully saturated rings. The molecule has 0 aliphatic carbocycles. The Morgan fingerprint density at radius 2 is 1.57 bits per heavy atom. The molecule has 1 aromatic heterocycles. The van der Waals surface area contributed by atoms with Crippen LogP contribution in [-0.4, -0.2) is 42.1 Å². The molecule has 0 saturated carbocycles. The second-order valence-electron chi connectivity index (χ2n) is 7.12. The van der Waals surface area contributed by atoms with Crippen molar-refractivity contribution in [1.82, 2.24) is 14.9 Å². The molecule has 0 bridgehead atoms. The minimum atomic E-state index is -0.401. The lowest BCUT2D eigenvalue weighted by atomic mass is 10.2. The van der Waals surface area contributed by atoms with Gasteiger partial charge >= 0.3 is 0 Å². The van der Waals surface area contributed by atoms with Gasteiger partial charge in [-0.05, 0) is 62.0 Å². The lowest BCUT2D eigenvalue weighted by Crippen LogP contribution is -2.46. The first-order valence-corrected chi connectivity index (χ1v) is 9.98. The van der Waals surface area contributed by atoms with Gasteiger partial charge in [0.25, 0.3) is 11.1 Å². The van der Waals surface area contributed by atoms with Gasteiger partial charge in [-0.3, -0.25) is 9.59 Å². The topological polar surface area (TPSA) is 78.2 Å². The Labute approximate surface area is 179 Å². The van der Waals surface area contributed by atoms with Crippen LogP contribution in [-0.2, 0) is 0 Å². The van der Waals surface area contributed by atoms with Gasteiger partial charge < -0.3 is 19.6 Å². The number of nitrogens with one attached hydrogen (secondary N) is 2. The summed E-state index contributed by atoms with van der Waals surface area (Å²) in [5.41, 5.74) is 0.636. The quantitative estimate of drug-likeness (QED) is 0.565. The largest absolute Gasteiger partial charge is 0.494 e. The first kappa shape index (κ1) is 21.6. The maximum absolute atomic E-state index is 12.4. The molecular formula is C23H24ClN3O3. The fraction of sp³-hybridized carbons (Fsp3) is 0.217. The molecule has 0 saturated heterocycles. The van der Waals surface area contributed by atoms with Crippen LogP contribution in [0, 0.1) is 0 Å². The Hall–Kier alpha value is -3.09. The van der Waals surface area contributed by atoms with Crippen LogP contribution in [0.25, 0.3) is 12.2 Å². The molecule has 6 nitrogen and oxygen atoms in total. The van der Waals surface area contributed by atoms with Crippen LogP contribution in [0.3, 0.4) is 0 Å². The highest BCUT2D eigenvalue weighted by Crippen LogP contribution is 2.14. The average Bonchev–Trinajstić information content (AvgIpc) is 2.71. The summed E-state index contributed by atoms with van der Waals surface area (Å²) in [7, 11) is 4.05. The Bertz CT molecular complexity index is 1230. The minimum absolute atomic E-state index is 0.145. The first-order chi connectivity index (χ1) is 14.4. The molecule has 1 heterocycles. The second kappa shape index (κ2) is 10.1. The molecule has 7 heteroatoms. The standard InChI is InChI=1S/C23H24ClN3O3/c1-27(2)12-5-13-30-18-10-8-16(9-11-18)14-20-22(28)26-21(23(29)25-20)15-17-6-3-4-7-19(17)24/h3-4,6-11,14-15H,5,12-13H2,1-2H3,(H,25,29)(H,26,28)/b20-14-,21-15-. The number of rotatable bonds is 7. The van der Waals surface area contributed by atoms with Gasteiger partial charge in [0.1, 0.15) is 16.4 Å². The molecule has 0 spiro atoms. The van der Waals surface area contributed by atoms with Crippen LogP contribution in [0.1, 0.15) is 17.5 Å². The summed E-state index contributed by atoms with van der Waals surface area (Å²) in [4.78, 5) is 32.2. The number of aromatic nitrogens is 2. The summed E-state index contributed by atoms with van der Waals surface area (Å²) in [5, 5.41) is 0.820. The highest BCUT2D eigenvalue weighted by atomic mass is 35.5. The van der Waals surface area contributed by atoms with Gasteiger partial charge in [0.2, 0.25) is 0 Å². The molecule has 0 unspecified atom stereocenters. The zero-order valence-corrected chi connectivity index (χ0v) is 17.7. The van der Waals surface area contributed by atoms with Crippen molar-refractivity contribution in [2.75, 3.05) is 27.2 Å². The van der Waals surface area contributed by atoms with Crippen molar-refractivity contribution < 1.29 is 4.74 Å². The number of hydrogen-bond acceptors (Lipinski definition) is 4. The van der Waals surface area contributed by atoms with Crippen molar-refractivity contribution >= 4 is 23.8 Å². The van der Waals surface area contributed by atoms with E-state index in [-0.39, 0.29) is 10.7 Å². The molecule has 30 heavy (non-hydrogen) atoms. The third-order valence-electron chi connectivity index (χ3n) is 4.40. The van der Waals surface area contributed by atoms with E-state index in [9.17, 15) is 9.59 Å². The van der Waals surface area contributed by atoms with E-state index in [1.807, 2.05) is 44.4 Å². The number of aromatic amines is 2. The number of nitrogens with zero attached hydrogens (tertiary/aromatic N) is 1. The predicted octanol–water partition coefficient (Wildman–Crippen LogP) is 1.70. The third kappa shape index (κ3) is 5.95. The van der Waals surface area contributed by atoms with Crippen LogP contribution in [0.4, 0.5) is 0 Å². The highest BCUT2D eigenvalue weighted by Gasteiger charge is 2.00. The predicted molar refractivity (Wildman–Crippen MR) is 121 cm³/mol. The Morgan fingerprint density at radius 3 is 2.20 bits per heavy atom. The van der Waals surface area contributed by atoms with Crippen molar-refractivity contribution in [2.24, 2.45) is 0 Å². The molecule has 0 amide bonds. The Morgan fingerprint density at radius 1 is 0.933 bits per heavy atom. The molecule has 0 atom stereocenters.